The molecule has 106 valence electrons. The molecule has 0 aromatic heterocycles. The summed E-state index contributed by atoms with van der Waals surface area (Å²) in [6.45, 7) is 8.57. The Balaban J connectivity index is 2.32. The average molecular weight is 327 g/mol. The van der Waals surface area contributed by atoms with Crippen LogP contribution in [0, 0.1) is 6.92 Å². The van der Waals surface area contributed by atoms with Crippen molar-refractivity contribution in [3.8, 4) is 0 Å². The number of nitrogens with zero attached hydrogens (tertiary/aromatic N) is 2. The Labute approximate surface area is 124 Å². The van der Waals surface area contributed by atoms with Gasteiger partial charge in [0.05, 0.1) is 12.6 Å². The quantitative estimate of drug-likeness (QED) is 0.905. The number of likely N-dealkylation sites (N-methyl/N-ethyl adjacent to an activating group) is 1. The summed E-state index contributed by atoms with van der Waals surface area (Å²) in [5.74, 6) is 0. The number of aliphatic hydroxyl groups is 1. The Morgan fingerprint density at radius 3 is 2.68 bits per heavy atom. The minimum Gasteiger partial charge on any atom is -0.394 e. The van der Waals surface area contributed by atoms with Crippen LogP contribution in [0.2, 0.25) is 0 Å². The molecule has 0 radical (unpaired) electrons. The number of hydrogen-bond donors (Lipinski definition) is 1. The Morgan fingerprint density at radius 1 is 1.42 bits per heavy atom. The third-order valence-electron chi connectivity index (χ3n) is 4.21. The molecule has 0 spiro atoms. The van der Waals surface area contributed by atoms with Crippen LogP contribution < -0.4 is 4.90 Å². The van der Waals surface area contributed by atoms with Crippen LogP contribution in [0.5, 0.6) is 0 Å². The van der Waals surface area contributed by atoms with Gasteiger partial charge in [-0.3, -0.25) is 4.90 Å². The Kier molecular flexibility index (Phi) is 4.23. The minimum atomic E-state index is 0.114. The third-order valence-corrected chi connectivity index (χ3v) is 5.07. The van der Waals surface area contributed by atoms with Crippen molar-refractivity contribution in [1.29, 1.82) is 0 Å². The summed E-state index contributed by atoms with van der Waals surface area (Å²) in [7, 11) is 2.13. The molecule has 1 aliphatic heterocycles. The first kappa shape index (κ1) is 14.8. The zero-order chi connectivity index (χ0) is 14.2. The van der Waals surface area contributed by atoms with Gasteiger partial charge >= 0.3 is 0 Å². The van der Waals surface area contributed by atoms with E-state index in [4.69, 9.17) is 0 Å². The van der Waals surface area contributed by atoms with Gasteiger partial charge in [0.2, 0.25) is 0 Å². The van der Waals surface area contributed by atoms with Crippen LogP contribution in [0.1, 0.15) is 19.4 Å². The van der Waals surface area contributed by atoms with E-state index >= 15 is 0 Å². The van der Waals surface area contributed by atoms with Crippen LogP contribution in [0.25, 0.3) is 0 Å². The Morgan fingerprint density at radius 2 is 2.11 bits per heavy atom. The number of anilines is 1. The van der Waals surface area contributed by atoms with Crippen LogP contribution in [0.3, 0.4) is 0 Å². The van der Waals surface area contributed by atoms with Gasteiger partial charge < -0.3 is 10.0 Å². The number of halogens is 1. The van der Waals surface area contributed by atoms with Crippen LogP contribution in [-0.2, 0) is 0 Å². The summed E-state index contributed by atoms with van der Waals surface area (Å²) >= 11 is 3.60. The lowest BCUT2D eigenvalue weighted by Crippen LogP contribution is -2.63. The maximum atomic E-state index is 9.65. The first-order valence-electron chi connectivity index (χ1n) is 6.70. The highest BCUT2D eigenvalue weighted by Gasteiger charge is 2.36. The molecule has 1 unspecified atom stereocenters. The van der Waals surface area contributed by atoms with Crippen LogP contribution >= 0.6 is 15.9 Å². The predicted molar refractivity (Wildman–Crippen MR) is 83.8 cm³/mol. The number of benzene rings is 1. The number of hydrogen-bond acceptors (Lipinski definition) is 3. The lowest BCUT2D eigenvalue weighted by Gasteiger charge is -2.50. The normalized spacial score (nSPS) is 23.7. The van der Waals surface area contributed by atoms with Crippen LogP contribution in [-0.4, -0.2) is 48.3 Å². The molecular weight excluding hydrogens is 304 g/mol. The molecule has 1 aliphatic rings. The maximum absolute atomic E-state index is 9.65. The number of aryl methyl sites for hydroxylation is 1. The monoisotopic (exact) mass is 326 g/mol. The van der Waals surface area contributed by atoms with E-state index in [9.17, 15) is 5.11 Å². The summed E-state index contributed by atoms with van der Waals surface area (Å²) in [5.41, 5.74) is 2.53. The van der Waals surface area contributed by atoms with Crippen molar-refractivity contribution in [3.63, 3.8) is 0 Å². The first-order chi connectivity index (χ1) is 8.85. The fourth-order valence-electron chi connectivity index (χ4n) is 2.55. The highest BCUT2D eigenvalue weighted by molar-refractivity contribution is 9.10. The first-order valence-corrected chi connectivity index (χ1v) is 7.49. The number of piperazine rings is 1. The van der Waals surface area contributed by atoms with Gasteiger partial charge in [-0.15, -0.1) is 0 Å². The predicted octanol–water partition coefficient (Wildman–Crippen LogP) is 2.65. The van der Waals surface area contributed by atoms with Crippen molar-refractivity contribution in [2.75, 3.05) is 31.6 Å². The Bertz CT molecular complexity index is 461. The van der Waals surface area contributed by atoms with E-state index in [1.54, 1.807) is 0 Å². The average Bonchev–Trinajstić information content (AvgIpc) is 2.35. The Hall–Kier alpha value is -0.580. The molecule has 1 aromatic carbocycles. The zero-order valence-corrected chi connectivity index (χ0v) is 13.7. The van der Waals surface area contributed by atoms with E-state index in [-0.39, 0.29) is 18.2 Å². The SMILES string of the molecule is Cc1ccc(N2CC(C)(C)N(C)CC2CO)cc1Br. The van der Waals surface area contributed by atoms with Gasteiger partial charge in [0.15, 0.2) is 0 Å². The lowest BCUT2D eigenvalue weighted by molar-refractivity contribution is 0.0932. The van der Waals surface area contributed by atoms with Crippen molar-refractivity contribution in [1.82, 2.24) is 4.90 Å². The molecule has 1 saturated heterocycles. The van der Waals surface area contributed by atoms with E-state index in [1.165, 1.54) is 11.3 Å². The van der Waals surface area contributed by atoms with Gasteiger partial charge in [-0.05, 0) is 45.5 Å². The molecule has 0 bridgehead atoms. The molecule has 1 heterocycles. The summed E-state index contributed by atoms with van der Waals surface area (Å²) in [4.78, 5) is 4.65. The van der Waals surface area contributed by atoms with Crippen LogP contribution in [0.4, 0.5) is 5.69 Å². The zero-order valence-electron chi connectivity index (χ0n) is 12.2. The summed E-state index contributed by atoms with van der Waals surface area (Å²) in [6, 6.07) is 6.58. The third kappa shape index (κ3) is 2.96. The standard InChI is InChI=1S/C15H23BrN2O/c1-11-5-6-12(7-14(11)16)18-10-15(2,3)17(4)8-13(18)9-19/h5-7,13,19H,8-10H2,1-4H3. The van der Waals surface area contributed by atoms with Gasteiger partial charge in [0.1, 0.15) is 0 Å². The molecule has 1 N–H and O–H groups in total. The van der Waals surface area contributed by atoms with Gasteiger partial charge in [0.25, 0.3) is 0 Å². The molecule has 1 fully saturated rings. The molecule has 0 aliphatic carbocycles. The highest BCUT2D eigenvalue weighted by Crippen LogP contribution is 2.30. The molecule has 4 heteroatoms. The summed E-state index contributed by atoms with van der Waals surface area (Å²) < 4.78 is 1.12. The van der Waals surface area contributed by atoms with Gasteiger partial charge in [-0.1, -0.05) is 22.0 Å². The molecule has 0 saturated carbocycles. The molecule has 19 heavy (non-hydrogen) atoms. The second-order valence-corrected chi connectivity index (χ2v) is 6.95. The largest absolute Gasteiger partial charge is 0.394 e. The second kappa shape index (κ2) is 5.43. The van der Waals surface area contributed by atoms with Gasteiger partial charge in [0, 0.05) is 28.8 Å². The maximum Gasteiger partial charge on any atom is 0.0648 e. The molecule has 1 atom stereocenters. The van der Waals surface area contributed by atoms with Gasteiger partial charge in [-0.2, -0.15) is 0 Å². The van der Waals surface area contributed by atoms with E-state index in [0.717, 1.165) is 17.6 Å². The van der Waals surface area contributed by atoms with Crippen molar-refractivity contribution >= 4 is 21.6 Å². The summed E-state index contributed by atoms with van der Waals surface area (Å²) in [6.07, 6.45) is 0. The van der Waals surface area contributed by atoms with Gasteiger partial charge in [-0.25, -0.2) is 0 Å². The van der Waals surface area contributed by atoms with E-state index in [2.05, 4.69) is 71.7 Å². The van der Waals surface area contributed by atoms with Crippen molar-refractivity contribution in [2.45, 2.75) is 32.4 Å². The molecule has 2 rings (SSSR count). The number of rotatable bonds is 2. The molecular formula is C15H23BrN2O. The lowest BCUT2D eigenvalue weighted by atomic mass is 9.95. The van der Waals surface area contributed by atoms with E-state index in [0.29, 0.717) is 0 Å². The second-order valence-electron chi connectivity index (χ2n) is 6.09. The highest BCUT2D eigenvalue weighted by atomic mass is 79.9. The van der Waals surface area contributed by atoms with Crippen molar-refractivity contribution < 1.29 is 5.11 Å². The fraction of sp³-hybridized carbons (Fsp3) is 0.600. The molecule has 1 aromatic rings. The summed E-state index contributed by atoms with van der Waals surface area (Å²) in [5, 5.41) is 9.65. The fourth-order valence-corrected chi connectivity index (χ4v) is 2.91. The van der Waals surface area contributed by atoms with E-state index in [1.807, 2.05) is 0 Å². The molecule has 3 nitrogen and oxygen atoms in total. The van der Waals surface area contributed by atoms with E-state index < -0.39 is 0 Å². The topological polar surface area (TPSA) is 26.7 Å². The van der Waals surface area contributed by atoms with Crippen molar-refractivity contribution in [2.24, 2.45) is 0 Å². The number of aliphatic hydroxyl groups excluding tert-OH is 1. The minimum absolute atomic E-state index is 0.114. The molecule has 0 amide bonds. The van der Waals surface area contributed by atoms with Crippen LogP contribution in [0.15, 0.2) is 22.7 Å². The smallest absolute Gasteiger partial charge is 0.0648 e. The van der Waals surface area contributed by atoms with Crippen molar-refractivity contribution in [3.05, 3.63) is 28.2 Å².